The van der Waals surface area contributed by atoms with E-state index in [9.17, 15) is 5.11 Å². The molecule has 3 aliphatic carbocycles. The molecule has 0 spiro atoms. The molecule has 4 fully saturated rings. The Labute approximate surface area is 282 Å². The summed E-state index contributed by atoms with van der Waals surface area (Å²) in [4.78, 5) is 0. The topological polar surface area (TPSA) is 66.4 Å². The van der Waals surface area contributed by atoms with Gasteiger partial charge in [-0.2, -0.15) is 0 Å². The molecule has 2 saturated carbocycles. The molecule has 2 aliphatic heterocycles. The van der Waals surface area contributed by atoms with E-state index in [1.165, 1.54) is 44.9 Å². The zero-order chi connectivity index (χ0) is 32.6. The van der Waals surface area contributed by atoms with Crippen LogP contribution in [0.25, 0.3) is 0 Å². The molecule has 0 amide bonds. The number of aliphatic hydroxyl groups excluding tert-OH is 1. The molecule has 5 rings (SSSR count). The summed E-state index contributed by atoms with van der Waals surface area (Å²) in [5.41, 5.74) is 1.59. The van der Waals surface area contributed by atoms with Crippen LogP contribution < -0.4 is 0 Å². The largest absolute Gasteiger partial charge is 0.416 e. The number of rotatable bonds is 15. The van der Waals surface area contributed by atoms with Gasteiger partial charge < -0.3 is 28.5 Å². The fraction of sp³-hybridized carbons (Fsp3) is 0.897. The molecule has 0 bridgehead atoms. The van der Waals surface area contributed by atoms with E-state index in [1.54, 1.807) is 5.57 Å². The lowest BCUT2D eigenvalue weighted by molar-refractivity contribution is -0.193. The van der Waals surface area contributed by atoms with Crippen molar-refractivity contribution in [3.05, 3.63) is 23.8 Å². The predicted molar refractivity (Wildman–Crippen MR) is 188 cm³/mol. The molecule has 1 N–H and O–H groups in total. The van der Waals surface area contributed by atoms with E-state index in [-0.39, 0.29) is 36.4 Å². The normalized spacial score (nSPS) is 32.9. The summed E-state index contributed by atoms with van der Waals surface area (Å²) in [7, 11) is -1.85. The summed E-state index contributed by atoms with van der Waals surface area (Å²) in [6, 6.07) is 0. The maximum absolute atomic E-state index is 9.55. The van der Waals surface area contributed by atoms with Gasteiger partial charge in [0.25, 0.3) is 0 Å². The summed E-state index contributed by atoms with van der Waals surface area (Å²) in [5, 5.41) is 9.75. The first kappa shape index (κ1) is 36.7. The van der Waals surface area contributed by atoms with Gasteiger partial charge in [-0.15, -0.1) is 0 Å². The Morgan fingerprint density at radius 1 is 0.935 bits per heavy atom. The predicted octanol–water partition coefficient (Wildman–Crippen LogP) is 9.33. The van der Waals surface area contributed by atoms with Crippen molar-refractivity contribution in [1.82, 2.24) is 0 Å². The fourth-order valence-electron chi connectivity index (χ4n) is 8.40. The first-order valence-corrected chi connectivity index (χ1v) is 22.2. The zero-order valence-electron chi connectivity index (χ0n) is 30.1. The van der Waals surface area contributed by atoms with E-state index < -0.39 is 8.32 Å². The molecule has 5 aliphatic rings. The third-order valence-corrected chi connectivity index (χ3v) is 16.9. The molecule has 2 saturated heterocycles. The van der Waals surface area contributed by atoms with E-state index in [4.69, 9.17) is 23.4 Å². The summed E-state index contributed by atoms with van der Waals surface area (Å²) in [6.45, 7) is 14.4. The van der Waals surface area contributed by atoms with Gasteiger partial charge >= 0.3 is 0 Å². The van der Waals surface area contributed by atoms with Crippen molar-refractivity contribution in [2.45, 2.75) is 166 Å². The van der Waals surface area contributed by atoms with E-state index >= 15 is 0 Å². The number of hydrogen-bond donors (Lipinski definition) is 1. The van der Waals surface area contributed by atoms with Gasteiger partial charge in [-0.25, -0.2) is 0 Å². The van der Waals surface area contributed by atoms with Gasteiger partial charge in [-0.3, -0.25) is 0 Å². The Balaban J connectivity index is 1.33. The van der Waals surface area contributed by atoms with Gasteiger partial charge in [-0.1, -0.05) is 70.3 Å². The van der Waals surface area contributed by atoms with Crippen molar-refractivity contribution < 1.29 is 28.5 Å². The third-order valence-electron chi connectivity index (χ3n) is 12.4. The van der Waals surface area contributed by atoms with Crippen molar-refractivity contribution in [2.24, 2.45) is 29.6 Å². The highest BCUT2D eigenvalue weighted by Gasteiger charge is 2.47. The van der Waals surface area contributed by atoms with Crippen LogP contribution in [0.4, 0.5) is 0 Å². The average Bonchev–Trinajstić information content (AvgIpc) is 3.59. The molecule has 46 heavy (non-hydrogen) atoms. The minimum Gasteiger partial charge on any atom is -0.416 e. The van der Waals surface area contributed by atoms with Crippen LogP contribution in [-0.2, 0) is 23.4 Å². The highest BCUT2D eigenvalue weighted by molar-refractivity contribution is 6.74. The second-order valence-corrected chi connectivity index (χ2v) is 21.5. The maximum atomic E-state index is 9.55. The van der Waals surface area contributed by atoms with E-state index in [2.05, 4.69) is 52.1 Å². The fourth-order valence-corrected chi connectivity index (χ4v) is 9.45. The van der Waals surface area contributed by atoms with Crippen LogP contribution >= 0.6 is 0 Å². The molecule has 0 aromatic heterocycles. The van der Waals surface area contributed by atoms with Crippen LogP contribution in [0.5, 0.6) is 0 Å². The van der Waals surface area contributed by atoms with Crippen molar-refractivity contribution in [3.63, 3.8) is 0 Å². The third kappa shape index (κ3) is 10.0. The summed E-state index contributed by atoms with van der Waals surface area (Å²) in [6.07, 6.45) is 26.1. The van der Waals surface area contributed by atoms with Crippen LogP contribution in [0.2, 0.25) is 18.1 Å². The average molecular weight is 661 g/mol. The monoisotopic (exact) mass is 660 g/mol. The summed E-state index contributed by atoms with van der Waals surface area (Å²) in [5.74, 6) is 2.44. The van der Waals surface area contributed by atoms with Crippen molar-refractivity contribution in [2.75, 3.05) is 26.4 Å². The SMILES string of the molecule is CC(C)(C)[Si](C)(C)OCC(CCCCO)C1=CC2CC(OC3CCCCO3)C(C=CC(OC3CCCCO3)C3CCCCC3)C2C1. The molecule has 264 valence electrons. The first-order chi connectivity index (χ1) is 22.1. The Kier molecular flexibility index (Phi) is 13.9. The quantitative estimate of drug-likeness (QED) is 0.107. The van der Waals surface area contributed by atoms with E-state index in [0.29, 0.717) is 29.6 Å². The van der Waals surface area contributed by atoms with Gasteiger partial charge in [0, 0.05) is 38.3 Å². The van der Waals surface area contributed by atoms with Gasteiger partial charge in [0.1, 0.15) is 0 Å². The van der Waals surface area contributed by atoms with Gasteiger partial charge in [0.15, 0.2) is 20.9 Å². The Hall–Kier alpha value is -0.543. The second kappa shape index (κ2) is 17.4. The zero-order valence-corrected chi connectivity index (χ0v) is 31.1. The number of hydrogen-bond acceptors (Lipinski definition) is 6. The van der Waals surface area contributed by atoms with E-state index in [1.807, 2.05) is 0 Å². The standard InChI is InChI=1S/C39H68O6Si/c1-39(2,3)46(4,5)43-28-30(17-9-12-22-40)31-25-32-27-36(45-38-19-11-14-24-42-38)33(34(32)26-31)20-21-35(29-15-7-6-8-16-29)44-37-18-10-13-23-41-37/h20-21,25,29-30,32-38,40H,6-19,22-24,26-28H2,1-5H3. The molecular weight excluding hydrogens is 593 g/mol. The molecule has 8 unspecified atom stereocenters. The summed E-state index contributed by atoms with van der Waals surface area (Å²) >= 11 is 0. The molecule has 7 heteroatoms. The highest BCUT2D eigenvalue weighted by atomic mass is 28.4. The lowest BCUT2D eigenvalue weighted by Gasteiger charge is -2.37. The molecule has 0 radical (unpaired) electrons. The number of allylic oxidation sites excluding steroid dienone is 1. The number of fused-ring (bicyclic) bond motifs is 1. The van der Waals surface area contributed by atoms with Crippen LogP contribution in [0, 0.1) is 29.6 Å². The van der Waals surface area contributed by atoms with Gasteiger partial charge in [0.2, 0.25) is 0 Å². The number of unbranched alkanes of at least 4 members (excludes halogenated alkanes) is 1. The van der Waals surface area contributed by atoms with Gasteiger partial charge in [-0.05, 0) is 113 Å². The highest BCUT2D eigenvalue weighted by Crippen LogP contribution is 2.51. The lowest BCUT2D eigenvalue weighted by atomic mass is 9.83. The minimum absolute atomic E-state index is 0.0651. The van der Waals surface area contributed by atoms with Crippen molar-refractivity contribution in [3.8, 4) is 0 Å². The molecule has 6 nitrogen and oxygen atoms in total. The van der Waals surface area contributed by atoms with Crippen LogP contribution in [0.15, 0.2) is 23.8 Å². The van der Waals surface area contributed by atoms with Crippen molar-refractivity contribution in [1.29, 1.82) is 0 Å². The first-order valence-electron chi connectivity index (χ1n) is 19.3. The molecule has 0 aromatic rings. The van der Waals surface area contributed by atoms with Crippen molar-refractivity contribution >= 4 is 8.32 Å². The van der Waals surface area contributed by atoms with Gasteiger partial charge in [0.05, 0.1) is 12.2 Å². The number of ether oxygens (including phenoxy) is 4. The smallest absolute Gasteiger partial charge is 0.192 e. The minimum atomic E-state index is -1.85. The Morgan fingerprint density at radius 2 is 1.63 bits per heavy atom. The number of aliphatic hydroxyl groups is 1. The van der Waals surface area contributed by atoms with E-state index in [0.717, 1.165) is 77.6 Å². The summed E-state index contributed by atoms with van der Waals surface area (Å²) < 4.78 is 32.6. The van der Waals surface area contributed by atoms with Crippen LogP contribution in [-0.4, -0.2) is 64.6 Å². The Bertz CT molecular complexity index is 956. The molecule has 8 atom stereocenters. The molecular formula is C39H68O6Si. The Morgan fingerprint density at radius 3 is 2.28 bits per heavy atom. The second-order valence-electron chi connectivity index (χ2n) is 16.7. The maximum Gasteiger partial charge on any atom is 0.192 e. The lowest BCUT2D eigenvalue weighted by Crippen LogP contribution is -2.42. The van der Waals surface area contributed by atoms with Crippen LogP contribution in [0.3, 0.4) is 0 Å². The molecule has 2 heterocycles. The molecule has 0 aromatic carbocycles. The van der Waals surface area contributed by atoms with Crippen LogP contribution in [0.1, 0.15) is 124 Å².